The number of rotatable bonds is 6. The zero-order valence-electron chi connectivity index (χ0n) is 14.3. The van der Waals surface area contributed by atoms with Gasteiger partial charge >= 0.3 is 0 Å². The summed E-state index contributed by atoms with van der Waals surface area (Å²) in [4.78, 5) is 26.2. The van der Waals surface area contributed by atoms with Crippen LogP contribution in [-0.4, -0.2) is 37.5 Å². The van der Waals surface area contributed by atoms with Gasteiger partial charge in [0, 0.05) is 35.7 Å². The Morgan fingerprint density at radius 2 is 2.17 bits per heavy atom. The number of hydrogen-bond acceptors (Lipinski definition) is 3. The molecule has 0 bridgehead atoms. The van der Waals surface area contributed by atoms with Crippen molar-refractivity contribution in [2.45, 2.75) is 33.2 Å². The van der Waals surface area contributed by atoms with E-state index in [9.17, 15) is 9.59 Å². The lowest BCUT2D eigenvalue weighted by Gasteiger charge is -2.18. The summed E-state index contributed by atoms with van der Waals surface area (Å²) in [5.41, 5.74) is 1.93. The standard InChI is InChI=1S/C17H24BrN3O2.ClH/c1-4-19-12(3)9-20-17(23)13-8-16(22)21(10-13)14-5-6-15(18)11(2)7-14;/h5-7,12-13,19H,4,8-10H2,1-3H3,(H,20,23);1H/t12-,13?;/m1./s1. The van der Waals surface area contributed by atoms with E-state index in [4.69, 9.17) is 0 Å². The molecule has 1 saturated heterocycles. The number of carbonyl (C=O) groups excluding carboxylic acids is 2. The van der Waals surface area contributed by atoms with E-state index in [-0.39, 0.29) is 42.6 Å². The Balaban J connectivity index is 0.00000288. The summed E-state index contributed by atoms with van der Waals surface area (Å²) in [5, 5.41) is 6.18. The normalized spacial score (nSPS) is 18.2. The topological polar surface area (TPSA) is 61.4 Å². The first-order valence-corrected chi connectivity index (χ1v) is 8.79. The van der Waals surface area contributed by atoms with E-state index in [1.54, 1.807) is 4.90 Å². The zero-order chi connectivity index (χ0) is 17.0. The summed E-state index contributed by atoms with van der Waals surface area (Å²) in [6.07, 6.45) is 0.274. The number of hydrogen-bond donors (Lipinski definition) is 2. The van der Waals surface area contributed by atoms with E-state index in [2.05, 4.69) is 26.6 Å². The highest BCUT2D eigenvalue weighted by molar-refractivity contribution is 9.10. The number of anilines is 1. The van der Waals surface area contributed by atoms with Gasteiger partial charge in [-0.05, 0) is 44.2 Å². The Bertz CT molecular complexity index is 597. The van der Waals surface area contributed by atoms with Crippen molar-refractivity contribution in [1.29, 1.82) is 0 Å². The highest BCUT2D eigenvalue weighted by atomic mass is 79.9. The molecule has 0 radical (unpaired) electrons. The predicted molar refractivity (Wildman–Crippen MR) is 103 cm³/mol. The van der Waals surface area contributed by atoms with Gasteiger partial charge in [0.2, 0.25) is 11.8 Å². The van der Waals surface area contributed by atoms with Crippen LogP contribution in [0.1, 0.15) is 25.8 Å². The molecular formula is C17H25BrClN3O2. The van der Waals surface area contributed by atoms with Gasteiger partial charge in [0.05, 0.1) is 5.92 Å². The first kappa shape index (κ1) is 20.9. The summed E-state index contributed by atoms with van der Waals surface area (Å²) in [6, 6.07) is 6.04. The van der Waals surface area contributed by atoms with Gasteiger partial charge in [0.15, 0.2) is 0 Å². The van der Waals surface area contributed by atoms with Crippen LogP contribution in [0.5, 0.6) is 0 Å². The third-order valence-electron chi connectivity index (χ3n) is 4.08. The van der Waals surface area contributed by atoms with Crippen molar-refractivity contribution in [1.82, 2.24) is 10.6 Å². The third kappa shape index (κ3) is 5.19. The summed E-state index contributed by atoms with van der Waals surface area (Å²) in [7, 11) is 0. The molecule has 0 aliphatic carbocycles. The van der Waals surface area contributed by atoms with Crippen molar-refractivity contribution >= 4 is 45.8 Å². The summed E-state index contributed by atoms with van der Waals surface area (Å²) in [5.74, 6) is -0.314. The van der Waals surface area contributed by atoms with Gasteiger partial charge in [-0.3, -0.25) is 9.59 Å². The van der Waals surface area contributed by atoms with Crippen molar-refractivity contribution in [2.75, 3.05) is 24.5 Å². The molecule has 1 fully saturated rings. The number of nitrogens with zero attached hydrogens (tertiary/aromatic N) is 1. The van der Waals surface area contributed by atoms with Crippen molar-refractivity contribution in [3.63, 3.8) is 0 Å². The highest BCUT2D eigenvalue weighted by Crippen LogP contribution is 2.28. The Labute approximate surface area is 158 Å². The molecule has 2 atom stereocenters. The van der Waals surface area contributed by atoms with Crippen molar-refractivity contribution in [3.8, 4) is 0 Å². The minimum atomic E-state index is -0.278. The second-order valence-corrected chi connectivity index (χ2v) is 6.90. The van der Waals surface area contributed by atoms with Crippen LogP contribution in [0.3, 0.4) is 0 Å². The van der Waals surface area contributed by atoms with Gasteiger partial charge in [-0.1, -0.05) is 22.9 Å². The zero-order valence-corrected chi connectivity index (χ0v) is 16.7. The van der Waals surface area contributed by atoms with E-state index >= 15 is 0 Å². The molecule has 2 amide bonds. The monoisotopic (exact) mass is 417 g/mol. The molecule has 1 aromatic carbocycles. The van der Waals surface area contributed by atoms with Gasteiger partial charge in [-0.25, -0.2) is 0 Å². The maximum atomic E-state index is 12.3. The number of aryl methyl sites for hydroxylation is 1. The molecule has 0 spiro atoms. The van der Waals surface area contributed by atoms with Crippen LogP contribution < -0.4 is 15.5 Å². The maximum Gasteiger partial charge on any atom is 0.227 e. The first-order chi connectivity index (χ1) is 10.9. The van der Waals surface area contributed by atoms with Crippen LogP contribution in [-0.2, 0) is 9.59 Å². The van der Waals surface area contributed by atoms with E-state index in [0.717, 1.165) is 22.3 Å². The van der Waals surface area contributed by atoms with E-state index < -0.39 is 0 Å². The van der Waals surface area contributed by atoms with E-state index in [1.807, 2.05) is 39.0 Å². The van der Waals surface area contributed by atoms with Crippen LogP contribution >= 0.6 is 28.3 Å². The number of halogens is 2. The van der Waals surface area contributed by atoms with Crippen molar-refractivity contribution in [2.24, 2.45) is 5.92 Å². The Kier molecular flexibility index (Phi) is 8.19. The lowest BCUT2D eigenvalue weighted by molar-refractivity contribution is -0.126. The van der Waals surface area contributed by atoms with E-state index in [1.165, 1.54) is 0 Å². The molecular weight excluding hydrogens is 394 g/mol. The van der Waals surface area contributed by atoms with Gasteiger partial charge in [0.1, 0.15) is 0 Å². The summed E-state index contributed by atoms with van der Waals surface area (Å²) < 4.78 is 1.01. The number of amides is 2. The molecule has 24 heavy (non-hydrogen) atoms. The fourth-order valence-electron chi connectivity index (χ4n) is 2.75. The second kappa shape index (κ2) is 9.39. The Morgan fingerprint density at radius 1 is 1.46 bits per heavy atom. The highest BCUT2D eigenvalue weighted by Gasteiger charge is 2.35. The van der Waals surface area contributed by atoms with Crippen LogP contribution in [0.25, 0.3) is 0 Å². The molecule has 1 aliphatic heterocycles. The maximum absolute atomic E-state index is 12.3. The van der Waals surface area contributed by atoms with Gasteiger partial charge in [-0.15, -0.1) is 12.4 Å². The molecule has 5 nitrogen and oxygen atoms in total. The molecule has 1 aromatic rings. The van der Waals surface area contributed by atoms with Crippen LogP contribution in [0.2, 0.25) is 0 Å². The molecule has 1 aliphatic rings. The van der Waals surface area contributed by atoms with Gasteiger partial charge in [0.25, 0.3) is 0 Å². The Morgan fingerprint density at radius 3 is 2.79 bits per heavy atom. The van der Waals surface area contributed by atoms with Crippen LogP contribution in [0.4, 0.5) is 5.69 Å². The molecule has 2 rings (SSSR count). The quantitative estimate of drug-likeness (QED) is 0.746. The molecule has 1 heterocycles. The van der Waals surface area contributed by atoms with E-state index in [0.29, 0.717) is 13.1 Å². The summed E-state index contributed by atoms with van der Waals surface area (Å²) >= 11 is 3.46. The van der Waals surface area contributed by atoms with Crippen molar-refractivity contribution < 1.29 is 9.59 Å². The minimum Gasteiger partial charge on any atom is -0.354 e. The largest absolute Gasteiger partial charge is 0.354 e. The minimum absolute atomic E-state index is 0. The smallest absolute Gasteiger partial charge is 0.227 e. The number of carbonyl (C=O) groups is 2. The Hall–Kier alpha value is -1.11. The third-order valence-corrected chi connectivity index (χ3v) is 4.97. The predicted octanol–water partition coefficient (Wildman–Crippen LogP) is 2.65. The number of nitrogens with one attached hydrogen (secondary N) is 2. The second-order valence-electron chi connectivity index (χ2n) is 6.04. The van der Waals surface area contributed by atoms with Crippen LogP contribution in [0.15, 0.2) is 22.7 Å². The number of likely N-dealkylation sites (N-methyl/N-ethyl adjacent to an activating group) is 1. The lowest BCUT2D eigenvalue weighted by atomic mass is 10.1. The number of benzene rings is 1. The van der Waals surface area contributed by atoms with Crippen molar-refractivity contribution in [3.05, 3.63) is 28.2 Å². The fourth-order valence-corrected chi connectivity index (χ4v) is 2.99. The SMILES string of the molecule is CCN[C@H](C)CNC(=O)C1CC(=O)N(c2ccc(Br)c(C)c2)C1.Cl. The molecule has 1 unspecified atom stereocenters. The fraction of sp³-hybridized carbons (Fsp3) is 0.529. The molecule has 7 heteroatoms. The summed E-state index contributed by atoms with van der Waals surface area (Å²) in [6.45, 7) is 7.94. The average molecular weight is 419 g/mol. The molecule has 0 saturated carbocycles. The molecule has 2 N–H and O–H groups in total. The molecule has 134 valence electrons. The average Bonchev–Trinajstić information content (AvgIpc) is 2.90. The lowest BCUT2D eigenvalue weighted by Crippen LogP contribution is -2.41. The first-order valence-electron chi connectivity index (χ1n) is 8.00. The molecule has 0 aromatic heterocycles. The van der Waals surface area contributed by atoms with Gasteiger partial charge in [-0.2, -0.15) is 0 Å². The van der Waals surface area contributed by atoms with Crippen LogP contribution in [0, 0.1) is 12.8 Å². The van der Waals surface area contributed by atoms with Gasteiger partial charge < -0.3 is 15.5 Å².